The Morgan fingerprint density at radius 1 is 1.20 bits per heavy atom. The van der Waals surface area contributed by atoms with Gasteiger partial charge in [-0.3, -0.25) is 9.59 Å². The van der Waals surface area contributed by atoms with Crippen LogP contribution in [0.4, 0.5) is 0 Å². The lowest BCUT2D eigenvalue weighted by atomic mass is 9.98. The summed E-state index contributed by atoms with van der Waals surface area (Å²) in [6, 6.07) is 8.31. The van der Waals surface area contributed by atoms with E-state index in [0.717, 1.165) is 23.4 Å². The average molecular weight is 429 g/mol. The summed E-state index contributed by atoms with van der Waals surface area (Å²) < 4.78 is 5.45. The number of aryl methyl sites for hydroxylation is 1. The van der Waals surface area contributed by atoms with E-state index in [4.69, 9.17) is 4.74 Å². The van der Waals surface area contributed by atoms with Crippen molar-refractivity contribution >= 4 is 28.8 Å². The van der Waals surface area contributed by atoms with E-state index in [-0.39, 0.29) is 11.3 Å². The van der Waals surface area contributed by atoms with Gasteiger partial charge in [-0.05, 0) is 82.2 Å². The summed E-state index contributed by atoms with van der Waals surface area (Å²) in [7, 11) is 3.95. The van der Waals surface area contributed by atoms with E-state index in [1.807, 2.05) is 44.3 Å². The van der Waals surface area contributed by atoms with Gasteiger partial charge in [0.2, 0.25) is 0 Å². The van der Waals surface area contributed by atoms with E-state index < -0.39 is 17.7 Å². The molecule has 1 aliphatic heterocycles. The number of benzene rings is 1. The number of carbonyl (C=O) groups is 2. The second kappa shape index (κ2) is 9.45. The van der Waals surface area contributed by atoms with Crippen molar-refractivity contribution < 1.29 is 19.4 Å². The van der Waals surface area contributed by atoms with Crippen molar-refractivity contribution in [3.8, 4) is 5.75 Å². The molecule has 160 valence electrons. The number of hydrogen-bond acceptors (Lipinski definition) is 6. The summed E-state index contributed by atoms with van der Waals surface area (Å²) >= 11 is 1.50. The fourth-order valence-electron chi connectivity index (χ4n) is 3.64. The van der Waals surface area contributed by atoms with E-state index in [1.54, 1.807) is 29.2 Å². The molecule has 6 nitrogen and oxygen atoms in total. The molecule has 2 heterocycles. The van der Waals surface area contributed by atoms with Crippen LogP contribution < -0.4 is 4.74 Å². The molecule has 1 aromatic carbocycles. The molecule has 30 heavy (non-hydrogen) atoms. The molecule has 1 saturated heterocycles. The number of aliphatic hydroxyl groups is 1. The number of ether oxygens (including phenoxy) is 1. The Hall–Kier alpha value is -2.64. The predicted molar refractivity (Wildman–Crippen MR) is 119 cm³/mol. The van der Waals surface area contributed by atoms with Gasteiger partial charge < -0.3 is 19.6 Å². The molecule has 1 amide bonds. The van der Waals surface area contributed by atoms with Gasteiger partial charge in [0.05, 0.1) is 18.2 Å². The van der Waals surface area contributed by atoms with E-state index in [0.29, 0.717) is 24.5 Å². The normalized spacial score (nSPS) is 18.4. The summed E-state index contributed by atoms with van der Waals surface area (Å²) in [4.78, 5) is 30.4. The van der Waals surface area contributed by atoms with Gasteiger partial charge >= 0.3 is 0 Å². The van der Waals surface area contributed by atoms with Crippen molar-refractivity contribution in [2.24, 2.45) is 0 Å². The number of hydrogen-bond donors (Lipinski definition) is 1. The maximum atomic E-state index is 13.0. The highest BCUT2D eigenvalue weighted by molar-refractivity contribution is 7.10. The van der Waals surface area contributed by atoms with Gasteiger partial charge in [-0.2, -0.15) is 0 Å². The summed E-state index contributed by atoms with van der Waals surface area (Å²) in [5.41, 5.74) is 1.64. The van der Waals surface area contributed by atoms with Crippen molar-refractivity contribution in [2.45, 2.75) is 26.3 Å². The minimum atomic E-state index is -0.635. The number of thiophene rings is 1. The molecule has 1 fully saturated rings. The first-order valence-corrected chi connectivity index (χ1v) is 10.9. The van der Waals surface area contributed by atoms with E-state index in [9.17, 15) is 14.7 Å². The van der Waals surface area contributed by atoms with Gasteiger partial charge in [0.1, 0.15) is 11.5 Å². The van der Waals surface area contributed by atoms with Crippen molar-refractivity contribution in [3.63, 3.8) is 0 Å². The molecule has 3 rings (SSSR count). The maximum Gasteiger partial charge on any atom is 0.295 e. The van der Waals surface area contributed by atoms with Crippen LogP contribution in [0.2, 0.25) is 0 Å². The van der Waals surface area contributed by atoms with Gasteiger partial charge in [0.15, 0.2) is 0 Å². The smallest absolute Gasteiger partial charge is 0.295 e. The molecule has 1 aromatic heterocycles. The zero-order valence-corrected chi connectivity index (χ0v) is 18.7. The fourth-order valence-corrected chi connectivity index (χ4v) is 4.68. The van der Waals surface area contributed by atoms with E-state index in [1.165, 1.54) is 11.3 Å². The lowest BCUT2D eigenvalue weighted by Crippen LogP contribution is -2.32. The topological polar surface area (TPSA) is 70.1 Å². The Labute approximate surface area is 181 Å². The lowest BCUT2D eigenvalue weighted by Gasteiger charge is -2.25. The SMILES string of the molecule is CCOc1ccc(/C(O)=C2/C(=O)C(=O)N(CCCN(C)C)C2c2sccc2C)cc1. The second-order valence-electron chi connectivity index (χ2n) is 7.57. The van der Waals surface area contributed by atoms with Crippen molar-refractivity contribution in [1.82, 2.24) is 9.80 Å². The molecule has 0 bridgehead atoms. The molecular formula is C23H28N2O4S. The Balaban J connectivity index is 2.03. The number of likely N-dealkylation sites (tertiary alicyclic amines) is 1. The molecule has 7 heteroatoms. The van der Waals surface area contributed by atoms with Crippen LogP contribution in [0.3, 0.4) is 0 Å². The molecule has 0 spiro atoms. The van der Waals surface area contributed by atoms with Crippen LogP contribution in [0.25, 0.3) is 5.76 Å². The first-order chi connectivity index (χ1) is 14.3. The Bertz CT molecular complexity index is 946. The van der Waals surface area contributed by atoms with E-state index >= 15 is 0 Å². The molecule has 1 atom stereocenters. The zero-order valence-electron chi connectivity index (χ0n) is 17.8. The third kappa shape index (κ3) is 4.42. The number of ketones is 1. The highest BCUT2D eigenvalue weighted by Crippen LogP contribution is 2.42. The minimum absolute atomic E-state index is 0.149. The number of carbonyl (C=O) groups excluding carboxylic acids is 2. The van der Waals surface area contributed by atoms with Crippen molar-refractivity contribution in [1.29, 1.82) is 0 Å². The first-order valence-electron chi connectivity index (χ1n) is 10.1. The van der Waals surface area contributed by atoms with Gasteiger partial charge in [0.25, 0.3) is 11.7 Å². The highest BCUT2D eigenvalue weighted by Gasteiger charge is 2.46. The zero-order chi connectivity index (χ0) is 21.8. The molecule has 1 N–H and O–H groups in total. The van der Waals surface area contributed by atoms with Gasteiger partial charge in [-0.15, -0.1) is 11.3 Å². The fraction of sp³-hybridized carbons (Fsp3) is 0.391. The standard InChI is InChI=1S/C23H28N2O4S/c1-5-29-17-9-7-16(8-10-17)20(26)18-19(22-15(2)11-14-30-22)25(23(28)21(18)27)13-6-12-24(3)4/h7-11,14,19,26H,5-6,12-13H2,1-4H3/b20-18-. The monoisotopic (exact) mass is 428 g/mol. The van der Waals surface area contributed by atoms with Crippen LogP contribution in [0.15, 0.2) is 41.3 Å². The number of rotatable bonds is 8. The summed E-state index contributed by atoms with van der Waals surface area (Å²) in [6.45, 7) is 5.65. The molecule has 0 saturated carbocycles. The molecule has 1 unspecified atom stereocenters. The summed E-state index contributed by atoms with van der Waals surface area (Å²) in [5, 5.41) is 13.0. The van der Waals surface area contributed by atoms with Crippen LogP contribution in [-0.4, -0.2) is 60.4 Å². The number of amides is 1. The quantitative estimate of drug-likeness (QED) is 0.393. The number of Topliss-reactive ketones (excluding diaryl/α,β-unsaturated/α-hetero) is 1. The minimum Gasteiger partial charge on any atom is -0.507 e. The molecule has 0 radical (unpaired) electrons. The Morgan fingerprint density at radius 2 is 1.90 bits per heavy atom. The van der Waals surface area contributed by atoms with Gasteiger partial charge in [-0.25, -0.2) is 0 Å². The van der Waals surface area contributed by atoms with Crippen LogP contribution in [0.5, 0.6) is 5.75 Å². The van der Waals surface area contributed by atoms with Crippen molar-refractivity contribution in [3.05, 3.63) is 57.3 Å². The lowest BCUT2D eigenvalue weighted by molar-refractivity contribution is -0.139. The molecular weight excluding hydrogens is 400 g/mol. The molecule has 2 aromatic rings. The van der Waals surface area contributed by atoms with Crippen LogP contribution in [0.1, 0.15) is 35.4 Å². The van der Waals surface area contributed by atoms with Crippen LogP contribution in [-0.2, 0) is 9.59 Å². The third-order valence-electron chi connectivity index (χ3n) is 5.13. The Kier molecular flexibility index (Phi) is 6.95. The predicted octanol–water partition coefficient (Wildman–Crippen LogP) is 3.83. The summed E-state index contributed by atoms with van der Waals surface area (Å²) in [6.07, 6.45) is 0.740. The third-order valence-corrected chi connectivity index (χ3v) is 6.20. The van der Waals surface area contributed by atoms with E-state index in [2.05, 4.69) is 0 Å². The second-order valence-corrected chi connectivity index (χ2v) is 8.52. The summed E-state index contributed by atoms with van der Waals surface area (Å²) in [5.74, 6) is -0.656. The van der Waals surface area contributed by atoms with Crippen LogP contribution >= 0.6 is 11.3 Å². The van der Waals surface area contributed by atoms with Gasteiger partial charge in [-0.1, -0.05) is 0 Å². The Morgan fingerprint density at radius 3 is 2.47 bits per heavy atom. The molecule has 0 aliphatic carbocycles. The van der Waals surface area contributed by atoms with Crippen molar-refractivity contribution in [2.75, 3.05) is 33.8 Å². The first kappa shape index (κ1) is 22.1. The average Bonchev–Trinajstić information content (AvgIpc) is 3.24. The number of nitrogens with zero attached hydrogens (tertiary/aromatic N) is 2. The van der Waals surface area contributed by atoms with Crippen LogP contribution in [0, 0.1) is 6.92 Å². The van der Waals surface area contributed by atoms with Gasteiger partial charge in [0, 0.05) is 17.0 Å². The largest absolute Gasteiger partial charge is 0.507 e. The highest BCUT2D eigenvalue weighted by atomic mass is 32.1. The maximum absolute atomic E-state index is 13.0. The molecule has 1 aliphatic rings. The number of aliphatic hydroxyl groups excluding tert-OH is 1.